The van der Waals surface area contributed by atoms with Gasteiger partial charge in [-0.3, -0.25) is 14.6 Å². The Kier molecular flexibility index (Phi) is 5.36. The van der Waals surface area contributed by atoms with E-state index in [1.54, 1.807) is 43.3 Å². The van der Waals surface area contributed by atoms with Gasteiger partial charge < -0.3 is 10.0 Å². The Morgan fingerprint density at radius 2 is 2.17 bits per heavy atom. The van der Waals surface area contributed by atoms with Crippen LogP contribution in [0.5, 0.6) is 0 Å². The lowest BCUT2D eigenvalue weighted by molar-refractivity contribution is -0.137. The molecule has 2 aromatic heterocycles. The van der Waals surface area contributed by atoms with Crippen LogP contribution in [0.4, 0.5) is 0 Å². The number of Topliss-reactive ketones (excluding diaryl/α,β-unsaturated/α-hetero) is 1. The van der Waals surface area contributed by atoms with Gasteiger partial charge in [0.15, 0.2) is 0 Å². The summed E-state index contributed by atoms with van der Waals surface area (Å²) in [6.07, 6.45) is 5.77. The number of aliphatic hydroxyl groups is 1. The number of hydrogen-bond acceptors (Lipinski definition) is 7. The van der Waals surface area contributed by atoms with E-state index < -0.39 is 17.3 Å². The zero-order chi connectivity index (χ0) is 21.5. The molecule has 0 spiro atoms. The van der Waals surface area contributed by atoms with Crippen LogP contribution in [0.1, 0.15) is 22.3 Å². The summed E-state index contributed by atoms with van der Waals surface area (Å²) < 4.78 is 0.985. The number of aromatic nitrogens is 2. The third kappa shape index (κ3) is 3.60. The minimum absolute atomic E-state index is 0.194. The van der Waals surface area contributed by atoms with E-state index in [2.05, 4.69) is 16.8 Å². The first-order valence-corrected chi connectivity index (χ1v) is 11.3. The fourth-order valence-corrected chi connectivity index (χ4v) is 4.91. The number of aryl methyl sites for hydroxylation is 1. The van der Waals surface area contributed by atoms with Crippen molar-refractivity contribution in [2.24, 2.45) is 0 Å². The average Bonchev–Trinajstić information content (AvgIpc) is 3.29. The normalized spacial score (nSPS) is 18.5. The first-order valence-electron chi connectivity index (χ1n) is 9.27. The average molecular weight is 438 g/mol. The third-order valence-electron chi connectivity index (χ3n) is 5.11. The summed E-state index contributed by atoms with van der Waals surface area (Å²) in [5, 5.41) is 11.2. The number of likely N-dealkylation sites (tertiary alicyclic amines) is 1. The van der Waals surface area contributed by atoms with Crippen LogP contribution in [-0.2, 0) is 4.79 Å². The lowest BCUT2D eigenvalue weighted by atomic mass is 10.0. The van der Waals surface area contributed by atoms with Crippen molar-refractivity contribution in [2.75, 3.05) is 19.8 Å². The van der Waals surface area contributed by atoms with Crippen molar-refractivity contribution in [1.29, 1.82) is 0 Å². The summed E-state index contributed by atoms with van der Waals surface area (Å²) in [6, 6.07) is 5.32. The van der Waals surface area contributed by atoms with Crippen molar-refractivity contribution >= 4 is 45.0 Å². The second-order valence-electron chi connectivity index (χ2n) is 7.15. The predicted molar refractivity (Wildman–Crippen MR) is 119 cm³/mol. The van der Waals surface area contributed by atoms with E-state index in [-0.39, 0.29) is 6.42 Å². The Balaban J connectivity index is 1.69. The molecule has 1 aliphatic heterocycles. The van der Waals surface area contributed by atoms with Crippen LogP contribution in [0.3, 0.4) is 0 Å². The number of carbonyl (C=O) groups is 2. The number of benzene rings is 1. The molecule has 152 valence electrons. The molecule has 8 heteroatoms. The van der Waals surface area contributed by atoms with Gasteiger partial charge in [-0.1, -0.05) is 12.1 Å². The first kappa shape index (κ1) is 20.5. The number of pyridine rings is 1. The molecule has 1 amide bonds. The second-order valence-corrected chi connectivity index (χ2v) is 9.03. The molecule has 3 heterocycles. The quantitative estimate of drug-likeness (QED) is 0.293. The minimum Gasteiger partial charge on any atom is -0.369 e. The van der Waals surface area contributed by atoms with E-state index >= 15 is 0 Å². The highest BCUT2D eigenvalue weighted by Gasteiger charge is 2.42. The number of carbonyl (C=O) groups excluding carboxylic acids is 2. The van der Waals surface area contributed by atoms with E-state index in [0.29, 0.717) is 12.1 Å². The molecular formula is C22H19N3O3S2. The van der Waals surface area contributed by atoms with E-state index in [1.165, 1.54) is 16.2 Å². The molecule has 1 atom stereocenters. The van der Waals surface area contributed by atoms with Crippen LogP contribution in [-0.4, -0.2) is 57.1 Å². The summed E-state index contributed by atoms with van der Waals surface area (Å²) in [5.41, 5.74) is 1.36. The van der Waals surface area contributed by atoms with Gasteiger partial charge >= 0.3 is 0 Å². The molecule has 0 radical (unpaired) electrons. The van der Waals surface area contributed by atoms with E-state index in [0.717, 1.165) is 31.2 Å². The van der Waals surface area contributed by atoms with Gasteiger partial charge in [0.2, 0.25) is 11.4 Å². The summed E-state index contributed by atoms with van der Waals surface area (Å²) in [4.78, 5) is 36.2. The number of nitrogens with zero attached hydrogens (tertiary/aromatic N) is 3. The van der Waals surface area contributed by atoms with Crippen LogP contribution >= 0.6 is 23.1 Å². The van der Waals surface area contributed by atoms with Gasteiger partial charge in [-0.25, -0.2) is 4.98 Å². The summed E-state index contributed by atoms with van der Waals surface area (Å²) in [7, 11) is 1.60. The number of hydrogen-bond donors (Lipinski definition) is 1. The Morgan fingerprint density at radius 1 is 1.37 bits per heavy atom. The van der Waals surface area contributed by atoms with Crippen molar-refractivity contribution in [2.45, 2.75) is 23.8 Å². The highest BCUT2D eigenvalue weighted by molar-refractivity contribution is 7.98. The van der Waals surface area contributed by atoms with Crippen LogP contribution < -0.4 is 0 Å². The molecule has 0 saturated carbocycles. The smallest absolute Gasteiger partial charge is 0.267 e. The Morgan fingerprint density at radius 3 is 2.87 bits per heavy atom. The van der Waals surface area contributed by atoms with Crippen LogP contribution in [0.25, 0.3) is 20.8 Å². The Bertz CT molecular complexity index is 1240. The SMILES string of the molecule is CSc1cncc2sc(-c3cc(C(=O)C#C[C@]4(O)CCN(C)C4=O)ccc3C)nc12. The maximum Gasteiger partial charge on any atom is 0.267 e. The zero-order valence-electron chi connectivity index (χ0n) is 16.7. The molecule has 1 saturated heterocycles. The van der Waals surface area contributed by atoms with E-state index in [4.69, 9.17) is 4.98 Å². The molecule has 6 nitrogen and oxygen atoms in total. The number of thiazole rings is 1. The number of thioether (sulfide) groups is 1. The van der Waals surface area contributed by atoms with Crippen molar-refractivity contribution in [1.82, 2.24) is 14.9 Å². The fraction of sp³-hybridized carbons (Fsp3) is 0.273. The van der Waals surface area contributed by atoms with Gasteiger partial charge in [0.05, 0.1) is 15.1 Å². The maximum absolute atomic E-state index is 12.7. The number of likely N-dealkylation sites (N-methyl/N-ethyl adjacent to an activating group) is 1. The molecule has 1 fully saturated rings. The number of fused-ring (bicyclic) bond motifs is 1. The van der Waals surface area contributed by atoms with E-state index in [1.807, 2.05) is 19.2 Å². The Hall–Kier alpha value is -2.73. The largest absolute Gasteiger partial charge is 0.369 e. The molecule has 1 N–H and O–H groups in total. The molecule has 1 aliphatic rings. The molecule has 3 aromatic rings. The molecule has 30 heavy (non-hydrogen) atoms. The zero-order valence-corrected chi connectivity index (χ0v) is 18.4. The van der Waals surface area contributed by atoms with Crippen molar-refractivity contribution in [3.05, 3.63) is 41.7 Å². The third-order valence-corrected chi connectivity index (χ3v) is 6.87. The fourth-order valence-electron chi connectivity index (χ4n) is 3.29. The molecule has 0 bridgehead atoms. The van der Waals surface area contributed by atoms with Crippen molar-refractivity contribution < 1.29 is 14.7 Å². The van der Waals surface area contributed by atoms with Gasteiger partial charge in [-0.15, -0.1) is 23.1 Å². The Labute approximate surface area is 182 Å². The van der Waals surface area contributed by atoms with Crippen molar-refractivity contribution in [3.8, 4) is 22.4 Å². The first-order chi connectivity index (χ1) is 14.3. The summed E-state index contributed by atoms with van der Waals surface area (Å²) >= 11 is 3.12. The molecule has 4 rings (SSSR count). The van der Waals surface area contributed by atoms with Gasteiger partial charge in [0.1, 0.15) is 5.01 Å². The van der Waals surface area contributed by atoms with Gasteiger partial charge in [0.25, 0.3) is 5.91 Å². The van der Waals surface area contributed by atoms with E-state index in [9.17, 15) is 14.7 Å². The van der Waals surface area contributed by atoms with Gasteiger partial charge in [-0.2, -0.15) is 0 Å². The summed E-state index contributed by atoms with van der Waals surface area (Å²) in [5.74, 6) is 4.03. The number of rotatable bonds is 3. The lowest BCUT2D eigenvalue weighted by Crippen LogP contribution is -2.37. The van der Waals surface area contributed by atoms with Gasteiger partial charge in [-0.05, 0) is 36.7 Å². The topological polar surface area (TPSA) is 83.4 Å². The molecule has 0 aliphatic carbocycles. The van der Waals surface area contributed by atoms with Crippen LogP contribution in [0.15, 0.2) is 35.5 Å². The molecule has 1 aromatic carbocycles. The molecular weight excluding hydrogens is 418 g/mol. The lowest BCUT2D eigenvalue weighted by Gasteiger charge is -2.13. The van der Waals surface area contributed by atoms with Crippen LogP contribution in [0, 0.1) is 18.8 Å². The second kappa shape index (κ2) is 7.84. The minimum atomic E-state index is -1.79. The van der Waals surface area contributed by atoms with Gasteiger partial charge in [0, 0.05) is 43.5 Å². The number of ketones is 1. The highest BCUT2D eigenvalue weighted by atomic mass is 32.2. The standard InChI is InChI=1S/C22H19N3O3S2/c1-13-4-5-14(16(26)6-7-22(28)8-9-25(2)21(22)27)10-15(13)20-24-19-17(29-3)11-23-12-18(19)30-20/h4-5,10-12,28H,8-9H2,1-3H3/t22-/m0/s1. The van der Waals surface area contributed by atoms with Crippen LogP contribution in [0.2, 0.25) is 0 Å². The number of amides is 1. The molecule has 0 unspecified atom stereocenters. The highest BCUT2D eigenvalue weighted by Crippen LogP contribution is 2.35. The summed E-state index contributed by atoms with van der Waals surface area (Å²) in [6.45, 7) is 2.38. The van der Waals surface area contributed by atoms with Crippen molar-refractivity contribution in [3.63, 3.8) is 0 Å². The monoisotopic (exact) mass is 437 g/mol. The maximum atomic E-state index is 12.7. The predicted octanol–water partition coefficient (Wildman–Crippen LogP) is 3.17.